The zero-order valence-electron chi connectivity index (χ0n) is 13.0. The van der Waals surface area contributed by atoms with Crippen LogP contribution in [0.3, 0.4) is 0 Å². The molecule has 6 nitrogen and oxygen atoms in total. The summed E-state index contributed by atoms with van der Waals surface area (Å²) >= 11 is 0. The normalized spacial score (nSPS) is 18.5. The highest BCUT2D eigenvalue weighted by Crippen LogP contribution is 2.26. The second-order valence-electron chi connectivity index (χ2n) is 5.62. The number of piperidine rings is 1. The lowest BCUT2D eigenvalue weighted by Crippen LogP contribution is -2.48. The van der Waals surface area contributed by atoms with E-state index in [1.165, 1.54) is 11.0 Å². The van der Waals surface area contributed by atoms with E-state index in [4.69, 9.17) is 5.73 Å². The number of carbonyl (C=O) groups is 1. The van der Waals surface area contributed by atoms with Crippen LogP contribution in [0.25, 0.3) is 5.69 Å². The molecular weight excluding hydrogens is 297 g/mol. The highest BCUT2D eigenvalue weighted by atomic mass is 19.1. The molecule has 1 aromatic heterocycles. The quantitative estimate of drug-likeness (QED) is 0.888. The molecular formula is C16H20FN5O. The van der Waals surface area contributed by atoms with Gasteiger partial charge in [0.05, 0.1) is 18.3 Å². The molecule has 1 aliphatic heterocycles. The van der Waals surface area contributed by atoms with Crippen LogP contribution in [0.2, 0.25) is 0 Å². The van der Waals surface area contributed by atoms with Crippen molar-refractivity contribution in [1.82, 2.24) is 14.9 Å². The van der Waals surface area contributed by atoms with Crippen molar-refractivity contribution >= 4 is 11.6 Å². The van der Waals surface area contributed by atoms with Crippen LogP contribution >= 0.6 is 0 Å². The van der Waals surface area contributed by atoms with E-state index in [0.717, 1.165) is 12.2 Å². The van der Waals surface area contributed by atoms with Crippen molar-refractivity contribution in [1.29, 1.82) is 0 Å². The van der Waals surface area contributed by atoms with Gasteiger partial charge in [-0.15, -0.1) is 0 Å². The van der Waals surface area contributed by atoms with Crippen molar-refractivity contribution in [2.75, 3.05) is 18.5 Å². The van der Waals surface area contributed by atoms with Gasteiger partial charge in [0.15, 0.2) is 0 Å². The predicted molar refractivity (Wildman–Crippen MR) is 85.8 cm³/mol. The minimum atomic E-state index is -0.543. The molecule has 1 aliphatic rings. The van der Waals surface area contributed by atoms with Crippen molar-refractivity contribution in [2.24, 2.45) is 5.73 Å². The molecule has 7 heteroatoms. The summed E-state index contributed by atoms with van der Waals surface area (Å²) in [6.07, 6.45) is 4.88. The third kappa shape index (κ3) is 2.97. The maximum atomic E-state index is 14.6. The SMILES string of the molecule is CNCc1nccn1-c1ccc(N2CCCC(N)C2=O)c(F)c1. The summed E-state index contributed by atoms with van der Waals surface area (Å²) in [5, 5.41) is 3.02. The summed E-state index contributed by atoms with van der Waals surface area (Å²) in [6, 6.07) is 4.29. The first kappa shape index (κ1) is 15.6. The smallest absolute Gasteiger partial charge is 0.243 e. The van der Waals surface area contributed by atoms with Gasteiger partial charge in [-0.05, 0) is 32.0 Å². The Hall–Kier alpha value is -2.25. The van der Waals surface area contributed by atoms with Gasteiger partial charge in [0.2, 0.25) is 5.91 Å². The largest absolute Gasteiger partial charge is 0.320 e. The molecule has 0 saturated carbocycles. The molecule has 1 fully saturated rings. The zero-order valence-corrected chi connectivity index (χ0v) is 13.0. The van der Waals surface area contributed by atoms with Crippen LogP contribution < -0.4 is 16.0 Å². The fraction of sp³-hybridized carbons (Fsp3) is 0.375. The van der Waals surface area contributed by atoms with E-state index >= 15 is 0 Å². The molecule has 2 heterocycles. The lowest BCUT2D eigenvalue weighted by molar-refractivity contribution is -0.120. The topological polar surface area (TPSA) is 76.2 Å². The van der Waals surface area contributed by atoms with Crippen LogP contribution in [0.4, 0.5) is 10.1 Å². The third-order valence-corrected chi connectivity index (χ3v) is 4.03. The molecule has 3 rings (SSSR count). The van der Waals surface area contributed by atoms with E-state index in [1.807, 2.05) is 11.6 Å². The Bertz CT molecular complexity index is 714. The molecule has 1 atom stereocenters. The number of halogens is 1. The Balaban J connectivity index is 1.92. The van der Waals surface area contributed by atoms with Gasteiger partial charge in [0, 0.05) is 30.7 Å². The maximum Gasteiger partial charge on any atom is 0.243 e. The Morgan fingerprint density at radius 2 is 2.30 bits per heavy atom. The van der Waals surface area contributed by atoms with Gasteiger partial charge in [-0.1, -0.05) is 0 Å². The van der Waals surface area contributed by atoms with Crippen LogP contribution in [0.1, 0.15) is 18.7 Å². The van der Waals surface area contributed by atoms with E-state index in [0.29, 0.717) is 25.2 Å². The minimum Gasteiger partial charge on any atom is -0.320 e. The minimum absolute atomic E-state index is 0.221. The fourth-order valence-electron chi connectivity index (χ4n) is 2.87. The van der Waals surface area contributed by atoms with E-state index in [-0.39, 0.29) is 11.6 Å². The highest BCUT2D eigenvalue weighted by Gasteiger charge is 2.28. The van der Waals surface area contributed by atoms with Gasteiger partial charge in [-0.25, -0.2) is 9.37 Å². The number of rotatable bonds is 4. The van der Waals surface area contributed by atoms with Crippen molar-refractivity contribution in [2.45, 2.75) is 25.4 Å². The van der Waals surface area contributed by atoms with Crippen molar-refractivity contribution in [3.8, 4) is 5.69 Å². The number of nitrogens with zero attached hydrogens (tertiary/aromatic N) is 3. The summed E-state index contributed by atoms with van der Waals surface area (Å²) in [7, 11) is 1.83. The molecule has 1 amide bonds. The van der Waals surface area contributed by atoms with Crippen LogP contribution in [-0.2, 0) is 11.3 Å². The Labute approximate surface area is 134 Å². The molecule has 0 spiro atoms. The van der Waals surface area contributed by atoms with Gasteiger partial charge in [0.1, 0.15) is 11.6 Å². The van der Waals surface area contributed by atoms with Crippen molar-refractivity contribution in [3.05, 3.63) is 42.2 Å². The average molecular weight is 317 g/mol. The number of nitrogens with one attached hydrogen (secondary N) is 1. The lowest BCUT2D eigenvalue weighted by atomic mass is 10.0. The average Bonchev–Trinajstić information content (AvgIpc) is 2.99. The number of hydrogen-bond acceptors (Lipinski definition) is 4. The van der Waals surface area contributed by atoms with Crippen LogP contribution in [0, 0.1) is 5.82 Å². The first-order chi connectivity index (χ1) is 11.1. The summed E-state index contributed by atoms with van der Waals surface area (Å²) in [4.78, 5) is 17.8. The molecule has 2 aromatic rings. The third-order valence-electron chi connectivity index (χ3n) is 4.03. The molecule has 23 heavy (non-hydrogen) atoms. The van der Waals surface area contributed by atoms with Gasteiger partial charge in [-0.3, -0.25) is 4.79 Å². The first-order valence-corrected chi connectivity index (χ1v) is 7.65. The first-order valence-electron chi connectivity index (χ1n) is 7.65. The maximum absolute atomic E-state index is 14.6. The summed E-state index contributed by atoms with van der Waals surface area (Å²) in [5.74, 6) is 0.131. The van der Waals surface area contributed by atoms with E-state index in [9.17, 15) is 9.18 Å². The fourth-order valence-corrected chi connectivity index (χ4v) is 2.87. The number of anilines is 1. The number of aromatic nitrogens is 2. The Kier molecular flexibility index (Phi) is 4.40. The van der Waals surface area contributed by atoms with Gasteiger partial charge in [-0.2, -0.15) is 0 Å². The van der Waals surface area contributed by atoms with Gasteiger partial charge in [0.25, 0.3) is 0 Å². The predicted octanol–water partition coefficient (Wildman–Crippen LogP) is 1.18. The number of nitrogens with two attached hydrogens (primary N) is 1. The lowest BCUT2D eigenvalue weighted by Gasteiger charge is -2.30. The second kappa shape index (κ2) is 6.47. The number of benzene rings is 1. The molecule has 0 bridgehead atoms. The molecule has 122 valence electrons. The number of imidazole rings is 1. The molecule has 0 aliphatic carbocycles. The van der Waals surface area contributed by atoms with Gasteiger partial charge < -0.3 is 20.5 Å². The molecule has 1 aromatic carbocycles. The summed E-state index contributed by atoms with van der Waals surface area (Å²) < 4.78 is 16.4. The van der Waals surface area contributed by atoms with E-state index in [1.54, 1.807) is 24.5 Å². The van der Waals surface area contributed by atoms with E-state index in [2.05, 4.69) is 10.3 Å². The van der Waals surface area contributed by atoms with Gasteiger partial charge >= 0.3 is 0 Å². The standard InChI is InChI=1S/C16H20FN5O/c1-19-10-15-20-6-8-21(15)11-4-5-14(12(17)9-11)22-7-2-3-13(18)16(22)23/h4-6,8-9,13,19H,2-3,7,10,18H2,1H3. The number of hydrogen-bond donors (Lipinski definition) is 2. The summed E-state index contributed by atoms with van der Waals surface area (Å²) in [6.45, 7) is 1.08. The van der Waals surface area contributed by atoms with Crippen molar-refractivity contribution < 1.29 is 9.18 Å². The van der Waals surface area contributed by atoms with Crippen LogP contribution in [0.15, 0.2) is 30.6 Å². The highest BCUT2D eigenvalue weighted by molar-refractivity contribution is 5.97. The molecule has 1 saturated heterocycles. The molecule has 1 unspecified atom stereocenters. The monoisotopic (exact) mass is 317 g/mol. The Morgan fingerprint density at radius 3 is 3.04 bits per heavy atom. The van der Waals surface area contributed by atoms with Crippen LogP contribution in [0.5, 0.6) is 0 Å². The van der Waals surface area contributed by atoms with E-state index < -0.39 is 11.9 Å². The number of amides is 1. The zero-order chi connectivity index (χ0) is 16.4. The van der Waals surface area contributed by atoms with Crippen molar-refractivity contribution in [3.63, 3.8) is 0 Å². The Morgan fingerprint density at radius 1 is 1.48 bits per heavy atom. The molecule has 0 radical (unpaired) electrons. The summed E-state index contributed by atoms with van der Waals surface area (Å²) in [5.41, 5.74) is 6.73. The van der Waals surface area contributed by atoms with Crippen LogP contribution in [-0.4, -0.2) is 35.1 Å². The molecule has 3 N–H and O–H groups in total. The second-order valence-corrected chi connectivity index (χ2v) is 5.62. The number of carbonyl (C=O) groups excluding carboxylic acids is 1.